The first-order chi connectivity index (χ1) is 12.9. The minimum atomic E-state index is -0.559. The molecule has 6 heteroatoms. The summed E-state index contributed by atoms with van der Waals surface area (Å²) in [6.45, 7) is 0. The van der Waals surface area contributed by atoms with Gasteiger partial charge in [0, 0.05) is 16.7 Å². The lowest BCUT2D eigenvalue weighted by Gasteiger charge is -2.21. The molecule has 4 rings (SSSR count). The number of fused-ring (bicyclic) bond motifs is 2. The molecule has 0 spiro atoms. The van der Waals surface area contributed by atoms with Crippen LogP contribution in [0.2, 0.25) is 5.02 Å². The maximum Gasteiger partial charge on any atom is 0.198 e. The molecule has 1 aliphatic carbocycles. The molecule has 0 amide bonds. The van der Waals surface area contributed by atoms with Crippen molar-refractivity contribution >= 4 is 23.2 Å². The Morgan fingerprint density at radius 1 is 0.741 bits per heavy atom. The van der Waals surface area contributed by atoms with Gasteiger partial charge in [0.1, 0.15) is 17.2 Å². The third-order valence-electron chi connectivity index (χ3n) is 4.65. The normalized spacial score (nSPS) is 12.5. The van der Waals surface area contributed by atoms with Gasteiger partial charge in [0.05, 0.1) is 23.3 Å². The van der Waals surface area contributed by atoms with Gasteiger partial charge in [-0.15, -0.1) is 0 Å². The summed E-state index contributed by atoms with van der Waals surface area (Å²) in [6.07, 6.45) is 0. The van der Waals surface area contributed by atoms with Gasteiger partial charge in [0.25, 0.3) is 0 Å². The number of ether oxygens (including phenoxy) is 1. The number of carbonyl (C=O) groups is 2. The van der Waals surface area contributed by atoms with Crippen molar-refractivity contribution in [2.75, 3.05) is 7.11 Å². The molecule has 0 saturated heterocycles. The van der Waals surface area contributed by atoms with E-state index in [1.54, 1.807) is 37.4 Å². The van der Waals surface area contributed by atoms with Gasteiger partial charge in [-0.1, -0.05) is 23.7 Å². The first-order valence-electron chi connectivity index (χ1n) is 8.05. The van der Waals surface area contributed by atoms with Gasteiger partial charge in [0.2, 0.25) is 0 Å². The van der Waals surface area contributed by atoms with E-state index >= 15 is 0 Å². The smallest absolute Gasteiger partial charge is 0.198 e. The second kappa shape index (κ2) is 6.14. The Balaban J connectivity index is 1.91. The van der Waals surface area contributed by atoms with Crippen molar-refractivity contribution in [1.82, 2.24) is 0 Å². The molecule has 27 heavy (non-hydrogen) atoms. The zero-order valence-electron chi connectivity index (χ0n) is 14.1. The summed E-state index contributed by atoms with van der Waals surface area (Å²) in [5, 5.41) is 20.9. The van der Waals surface area contributed by atoms with Gasteiger partial charge in [-0.05, 0) is 42.0 Å². The number of phenolic OH excluding ortho intramolecular Hbond substituents is 2. The number of phenols is 2. The van der Waals surface area contributed by atoms with Crippen molar-refractivity contribution in [3.8, 4) is 28.4 Å². The van der Waals surface area contributed by atoms with Crippen LogP contribution in [0.3, 0.4) is 0 Å². The Morgan fingerprint density at radius 2 is 1.26 bits per heavy atom. The second-order valence-corrected chi connectivity index (χ2v) is 6.50. The van der Waals surface area contributed by atoms with E-state index in [1.165, 1.54) is 18.2 Å². The Bertz CT molecular complexity index is 1120. The number of methoxy groups -OCH3 is 1. The third-order valence-corrected chi connectivity index (χ3v) is 4.96. The topological polar surface area (TPSA) is 83.8 Å². The molecule has 0 atom stereocenters. The summed E-state index contributed by atoms with van der Waals surface area (Å²) in [7, 11) is 1.55. The summed E-state index contributed by atoms with van der Waals surface area (Å²) >= 11 is 5.87. The van der Waals surface area contributed by atoms with E-state index in [9.17, 15) is 19.8 Å². The van der Waals surface area contributed by atoms with Crippen LogP contribution in [0, 0.1) is 0 Å². The van der Waals surface area contributed by atoms with E-state index in [4.69, 9.17) is 16.3 Å². The molecule has 0 bridgehead atoms. The van der Waals surface area contributed by atoms with Gasteiger partial charge in [0.15, 0.2) is 11.6 Å². The largest absolute Gasteiger partial charge is 0.507 e. The van der Waals surface area contributed by atoms with Crippen LogP contribution < -0.4 is 4.74 Å². The lowest BCUT2D eigenvalue weighted by Crippen LogP contribution is -2.21. The maximum atomic E-state index is 12.9. The number of ketones is 2. The number of rotatable bonds is 2. The first-order valence-corrected chi connectivity index (χ1v) is 8.43. The molecule has 0 heterocycles. The summed E-state index contributed by atoms with van der Waals surface area (Å²) in [5.41, 5.74) is 0.899. The second-order valence-electron chi connectivity index (χ2n) is 6.09. The summed E-state index contributed by atoms with van der Waals surface area (Å²) < 4.78 is 5.12. The van der Waals surface area contributed by atoms with Crippen LogP contribution in [0.25, 0.3) is 11.1 Å². The number of benzene rings is 3. The van der Waals surface area contributed by atoms with E-state index in [2.05, 4.69) is 0 Å². The van der Waals surface area contributed by atoms with Crippen molar-refractivity contribution in [3.05, 3.63) is 75.8 Å². The Labute approximate surface area is 159 Å². The molecule has 3 aromatic rings. The van der Waals surface area contributed by atoms with Crippen LogP contribution in [0.1, 0.15) is 31.8 Å². The van der Waals surface area contributed by atoms with Crippen LogP contribution in [0.15, 0.2) is 48.5 Å². The number of aromatic hydroxyl groups is 2. The summed E-state index contributed by atoms with van der Waals surface area (Å²) in [4.78, 5) is 25.7. The predicted octanol–water partition coefficient (Wildman–Crippen LogP) is 4.20. The molecule has 0 radical (unpaired) electrons. The third kappa shape index (κ3) is 2.47. The van der Waals surface area contributed by atoms with Crippen molar-refractivity contribution in [3.63, 3.8) is 0 Å². The van der Waals surface area contributed by atoms with Crippen LogP contribution >= 0.6 is 11.6 Å². The van der Waals surface area contributed by atoms with Crippen molar-refractivity contribution in [2.45, 2.75) is 0 Å². The zero-order chi connectivity index (χ0) is 19.3. The fourth-order valence-corrected chi connectivity index (χ4v) is 3.43. The number of hydrogen-bond acceptors (Lipinski definition) is 5. The molecule has 0 aliphatic heterocycles. The average molecular weight is 381 g/mol. The summed E-state index contributed by atoms with van der Waals surface area (Å²) in [6, 6.07) is 12.7. The van der Waals surface area contributed by atoms with Crippen LogP contribution in [-0.4, -0.2) is 28.9 Å². The Kier molecular flexibility index (Phi) is 3.89. The highest BCUT2D eigenvalue weighted by molar-refractivity contribution is 6.36. The molecular formula is C21H13ClO5. The molecule has 134 valence electrons. The number of carbonyl (C=O) groups excluding carboxylic acids is 2. The van der Waals surface area contributed by atoms with Crippen LogP contribution in [0.4, 0.5) is 0 Å². The van der Waals surface area contributed by atoms with Crippen molar-refractivity contribution in [1.29, 1.82) is 0 Å². The lowest BCUT2D eigenvalue weighted by atomic mass is 9.81. The Hall–Kier alpha value is -3.31. The molecule has 0 aromatic heterocycles. The molecule has 3 aromatic carbocycles. The Morgan fingerprint density at radius 3 is 1.85 bits per heavy atom. The fraction of sp³-hybridized carbons (Fsp3) is 0.0476. The highest BCUT2D eigenvalue weighted by Crippen LogP contribution is 2.42. The number of halogens is 1. The van der Waals surface area contributed by atoms with Gasteiger partial charge < -0.3 is 14.9 Å². The fourth-order valence-electron chi connectivity index (χ4n) is 3.27. The van der Waals surface area contributed by atoms with Gasteiger partial charge >= 0.3 is 0 Å². The molecule has 2 N–H and O–H groups in total. The first kappa shape index (κ1) is 17.1. The van der Waals surface area contributed by atoms with Crippen LogP contribution in [0.5, 0.6) is 17.2 Å². The zero-order valence-corrected chi connectivity index (χ0v) is 14.9. The van der Waals surface area contributed by atoms with Gasteiger partial charge in [-0.3, -0.25) is 9.59 Å². The molecule has 5 nitrogen and oxygen atoms in total. The predicted molar refractivity (Wildman–Crippen MR) is 100 cm³/mol. The molecule has 0 unspecified atom stereocenters. The van der Waals surface area contributed by atoms with Crippen molar-refractivity contribution < 1.29 is 24.5 Å². The molecular weight excluding hydrogens is 368 g/mol. The van der Waals surface area contributed by atoms with Gasteiger partial charge in [-0.25, -0.2) is 0 Å². The monoisotopic (exact) mass is 380 g/mol. The minimum absolute atomic E-state index is 0.0107. The standard InChI is InChI=1S/C21H13ClO5/c1-27-11-4-2-10(3-5-11)12-6-7-13-16(18(12)23)19(24)14-8-9-15(22)21(26)17(14)20(13)25/h2-9,23,26H,1H3. The maximum absolute atomic E-state index is 12.9. The lowest BCUT2D eigenvalue weighted by molar-refractivity contribution is 0.0974. The van der Waals surface area contributed by atoms with Gasteiger partial charge in [-0.2, -0.15) is 0 Å². The highest BCUT2D eigenvalue weighted by atomic mass is 35.5. The quantitative estimate of drug-likeness (QED) is 0.544. The van der Waals surface area contributed by atoms with E-state index in [0.29, 0.717) is 16.9 Å². The molecule has 0 saturated carbocycles. The van der Waals surface area contributed by atoms with E-state index in [0.717, 1.165) is 0 Å². The van der Waals surface area contributed by atoms with E-state index < -0.39 is 17.3 Å². The number of hydrogen-bond donors (Lipinski definition) is 2. The van der Waals surface area contributed by atoms with E-state index in [1.807, 2.05) is 0 Å². The summed E-state index contributed by atoms with van der Waals surface area (Å²) in [5.74, 6) is -1.16. The van der Waals surface area contributed by atoms with Crippen molar-refractivity contribution in [2.24, 2.45) is 0 Å². The van der Waals surface area contributed by atoms with Crippen LogP contribution in [-0.2, 0) is 0 Å². The SMILES string of the molecule is COc1ccc(-c2ccc3c(c2O)C(=O)c2ccc(Cl)c(O)c2C3=O)cc1. The minimum Gasteiger partial charge on any atom is -0.507 e. The molecule has 1 aliphatic rings. The molecule has 0 fully saturated rings. The average Bonchev–Trinajstić information content (AvgIpc) is 2.68. The highest BCUT2D eigenvalue weighted by Gasteiger charge is 2.35. The van der Waals surface area contributed by atoms with E-state index in [-0.39, 0.29) is 33.0 Å².